The van der Waals surface area contributed by atoms with Gasteiger partial charge in [-0.05, 0) is 19.8 Å². The number of sulfonamides is 1. The third-order valence-corrected chi connectivity index (χ3v) is 4.99. The molecule has 0 unspecified atom stereocenters. The summed E-state index contributed by atoms with van der Waals surface area (Å²) in [5, 5.41) is 0. The third kappa shape index (κ3) is 3.07. The molecule has 0 spiro atoms. The molecule has 130 valence electrons. The van der Waals surface area contributed by atoms with Crippen molar-refractivity contribution in [2.45, 2.75) is 36.4 Å². The lowest BCUT2D eigenvalue weighted by Gasteiger charge is -2.20. The molecule has 11 heteroatoms. The molecular formula is C12H14F4N2O4S. The Morgan fingerprint density at radius 2 is 2.00 bits per heavy atom. The molecule has 23 heavy (non-hydrogen) atoms. The van der Waals surface area contributed by atoms with Gasteiger partial charge in [-0.25, -0.2) is 17.6 Å². The topological polar surface area (TPSA) is 77.4 Å². The second-order valence-corrected chi connectivity index (χ2v) is 6.82. The van der Waals surface area contributed by atoms with Gasteiger partial charge in [-0.15, -0.1) is 0 Å². The molecule has 0 amide bonds. The Morgan fingerprint density at radius 1 is 1.43 bits per heavy atom. The first kappa shape index (κ1) is 17.7. The van der Waals surface area contributed by atoms with Crippen molar-refractivity contribution in [1.29, 1.82) is 0 Å². The second kappa shape index (κ2) is 5.48. The first-order chi connectivity index (χ1) is 10.5. The number of rotatable bonds is 5. The van der Waals surface area contributed by atoms with Gasteiger partial charge in [0.25, 0.3) is 0 Å². The lowest BCUT2D eigenvalue weighted by atomic mass is 10.3. The highest BCUT2D eigenvalue weighted by atomic mass is 32.2. The lowest BCUT2D eigenvalue weighted by Crippen LogP contribution is -2.47. The van der Waals surface area contributed by atoms with Crippen LogP contribution in [-0.4, -0.2) is 37.3 Å². The number of alkyl halides is 3. The Labute approximate surface area is 129 Å². The number of nitrogens with zero attached hydrogens (tertiary/aromatic N) is 1. The largest absolute Gasteiger partial charge is 0.461 e. The average Bonchev–Trinajstić information content (AvgIpc) is 3.09. The van der Waals surface area contributed by atoms with E-state index in [4.69, 9.17) is 0 Å². The SMILES string of the molecule is CCOC(=O)c1c(F)c(S(=O)(=O)NC2(C(F)(F)F)CC2)cn1C. The van der Waals surface area contributed by atoms with Crippen LogP contribution in [0.15, 0.2) is 11.1 Å². The fourth-order valence-electron chi connectivity index (χ4n) is 2.07. The quantitative estimate of drug-likeness (QED) is 0.642. The van der Waals surface area contributed by atoms with Gasteiger partial charge in [-0.3, -0.25) is 0 Å². The van der Waals surface area contributed by atoms with Crippen molar-refractivity contribution in [3.05, 3.63) is 17.7 Å². The van der Waals surface area contributed by atoms with E-state index in [-0.39, 0.29) is 6.61 Å². The van der Waals surface area contributed by atoms with Crippen LogP contribution < -0.4 is 4.72 Å². The van der Waals surface area contributed by atoms with Crippen LogP contribution in [0.2, 0.25) is 0 Å². The maximum absolute atomic E-state index is 14.2. The van der Waals surface area contributed by atoms with Gasteiger partial charge >= 0.3 is 12.1 Å². The van der Waals surface area contributed by atoms with E-state index in [9.17, 15) is 30.8 Å². The summed E-state index contributed by atoms with van der Waals surface area (Å²) in [6, 6.07) is 0. The zero-order valence-electron chi connectivity index (χ0n) is 12.2. The number of aromatic nitrogens is 1. The van der Waals surface area contributed by atoms with Crippen molar-refractivity contribution in [3.8, 4) is 0 Å². The van der Waals surface area contributed by atoms with Crippen molar-refractivity contribution in [1.82, 2.24) is 9.29 Å². The van der Waals surface area contributed by atoms with Crippen LogP contribution in [0.1, 0.15) is 30.3 Å². The molecule has 6 nitrogen and oxygen atoms in total. The predicted octanol–water partition coefficient (Wildman–Crippen LogP) is 1.71. The van der Waals surface area contributed by atoms with Gasteiger partial charge in [0.2, 0.25) is 10.0 Å². The van der Waals surface area contributed by atoms with Crippen molar-refractivity contribution < 1.29 is 35.5 Å². The van der Waals surface area contributed by atoms with Crippen LogP contribution in [0.3, 0.4) is 0 Å². The molecule has 1 N–H and O–H groups in total. The number of halogens is 4. The third-order valence-electron chi connectivity index (χ3n) is 3.47. The highest BCUT2D eigenvalue weighted by Gasteiger charge is 2.65. The minimum Gasteiger partial charge on any atom is -0.461 e. The van der Waals surface area contributed by atoms with Crippen molar-refractivity contribution >= 4 is 16.0 Å². The molecule has 0 saturated heterocycles. The van der Waals surface area contributed by atoms with E-state index in [0.717, 1.165) is 10.8 Å². The summed E-state index contributed by atoms with van der Waals surface area (Å²) in [4.78, 5) is 10.6. The van der Waals surface area contributed by atoms with E-state index in [0.29, 0.717) is 0 Å². The Bertz CT molecular complexity index is 735. The zero-order valence-corrected chi connectivity index (χ0v) is 13.0. The molecule has 1 aromatic heterocycles. The summed E-state index contributed by atoms with van der Waals surface area (Å²) >= 11 is 0. The van der Waals surface area contributed by atoms with Crippen molar-refractivity contribution in [2.75, 3.05) is 6.61 Å². The number of hydrogen-bond donors (Lipinski definition) is 1. The summed E-state index contributed by atoms with van der Waals surface area (Å²) in [5.41, 5.74) is -3.25. The fraction of sp³-hybridized carbons (Fsp3) is 0.583. The van der Waals surface area contributed by atoms with Crippen LogP contribution in [-0.2, 0) is 21.8 Å². The van der Waals surface area contributed by atoms with E-state index >= 15 is 0 Å². The Balaban J connectivity index is 2.39. The van der Waals surface area contributed by atoms with E-state index < -0.39 is 57.0 Å². The second-order valence-electron chi connectivity index (χ2n) is 5.17. The molecule has 0 radical (unpaired) electrons. The average molecular weight is 358 g/mol. The van der Waals surface area contributed by atoms with Crippen LogP contribution in [0, 0.1) is 5.82 Å². The number of carbonyl (C=O) groups is 1. The van der Waals surface area contributed by atoms with Gasteiger partial charge in [-0.1, -0.05) is 0 Å². The maximum atomic E-state index is 14.2. The van der Waals surface area contributed by atoms with Crippen molar-refractivity contribution in [3.63, 3.8) is 0 Å². The number of nitrogens with one attached hydrogen (secondary N) is 1. The molecule has 1 aliphatic rings. The Morgan fingerprint density at radius 3 is 2.43 bits per heavy atom. The monoisotopic (exact) mass is 358 g/mol. The molecule has 1 aliphatic carbocycles. The molecule has 2 rings (SSSR count). The lowest BCUT2D eigenvalue weighted by molar-refractivity contribution is -0.160. The van der Waals surface area contributed by atoms with Crippen LogP contribution in [0.5, 0.6) is 0 Å². The number of hydrogen-bond acceptors (Lipinski definition) is 4. The number of carbonyl (C=O) groups excluding carboxylic acids is 1. The molecule has 1 saturated carbocycles. The van der Waals surface area contributed by atoms with E-state index in [1.165, 1.54) is 18.7 Å². The maximum Gasteiger partial charge on any atom is 0.407 e. The molecule has 0 aliphatic heterocycles. The van der Waals surface area contributed by atoms with Crippen molar-refractivity contribution in [2.24, 2.45) is 7.05 Å². The zero-order chi connectivity index (χ0) is 17.6. The molecule has 1 fully saturated rings. The Hall–Kier alpha value is -1.62. The van der Waals surface area contributed by atoms with E-state index in [1.807, 2.05) is 0 Å². The number of aryl methyl sites for hydroxylation is 1. The van der Waals surface area contributed by atoms with Crippen LogP contribution in [0.25, 0.3) is 0 Å². The summed E-state index contributed by atoms with van der Waals surface area (Å²) in [6.45, 7) is 1.40. The van der Waals surface area contributed by atoms with Gasteiger partial charge in [0.05, 0.1) is 6.61 Å². The Kier molecular flexibility index (Phi) is 4.22. The van der Waals surface area contributed by atoms with Crippen LogP contribution in [0.4, 0.5) is 17.6 Å². The minimum absolute atomic E-state index is 0.0685. The van der Waals surface area contributed by atoms with Gasteiger partial charge in [-0.2, -0.15) is 17.9 Å². The summed E-state index contributed by atoms with van der Waals surface area (Å²) in [5.74, 6) is -2.55. The van der Waals surface area contributed by atoms with Gasteiger partial charge < -0.3 is 9.30 Å². The number of esters is 1. The van der Waals surface area contributed by atoms with Gasteiger partial charge in [0.1, 0.15) is 10.4 Å². The molecule has 1 heterocycles. The van der Waals surface area contributed by atoms with Gasteiger partial charge in [0, 0.05) is 13.2 Å². The predicted molar refractivity (Wildman–Crippen MR) is 69.7 cm³/mol. The minimum atomic E-state index is -4.79. The molecule has 0 aromatic carbocycles. The molecule has 0 atom stereocenters. The fourth-order valence-corrected chi connectivity index (χ4v) is 3.64. The molecular weight excluding hydrogens is 344 g/mol. The van der Waals surface area contributed by atoms with Gasteiger partial charge in [0.15, 0.2) is 11.5 Å². The molecule has 1 aromatic rings. The van der Waals surface area contributed by atoms with E-state index in [2.05, 4.69) is 4.74 Å². The smallest absolute Gasteiger partial charge is 0.407 e. The highest BCUT2D eigenvalue weighted by molar-refractivity contribution is 7.89. The normalized spacial score (nSPS) is 17.1. The highest BCUT2D eigenvalue weighted by Crippen LogP contribution is 2.49. The summed E-state index contributed by atoms with van der Waals surface area (Å²) in [7, 11) is -3.61. The first-order valence-electron chi connectivity index (χ1n) is 6.58. The first-order valence-corrected chi connectivity index (χ1v) is 8.06. The standard InChI is InChI=1S/C12H14F4N2O4S/c1-3-22-10(19)9-8(13)7(6-18(9)2)23(20,21)17-11(4-5-11)12(14,15)16/h6,17H,3-5H2,1-2H3. The molecule has 0 bridgehead atoms. The number of ether oxygens (including phenoxy) is 1. The van der Waals surface area contributed by atoms with Crippen LogP contribution >= 0.6 is 0 Å². The summed E-state index contributed by atoms with van der Waals surface area (Å²) < 4.78 is 83.9. The van der Waals surface area contributed by atoms with E-state index in [1.54, 1.807) is 0 Å². The summed E-state index contributed by atoms with van der Waals surface area (Å²) in [6.07, 6.45) is -4.89.